The van der Waals surface area contributed by atoms with Crippen LogP contribution in [0.4, 0.5) is 0 Å². The highest BCUT2D eigenvalue weighted by molar-refractivity contribution is 5.75. The van der Waals surface area contributed by atoms with Gasteiger partial charge in [0.15, 0.2) is 0 Å². The van der Waals surface area contributed by atoms with E-state index in [9.17, 15) is 4.79 Å². The molecule has 0 spiro atoms. The quantitative estimate of drug-likeness (QED) is 0.664. The minimum Gasteiger partial charge on any atom is -0.468 e. The number of hydrogen-bond donors (Lipinski definition) is 1. The zero-order valence-corrected chi connectivity index (χ0v) is 7.82. The summed E-state index contributed by atoms with van der Waals surface area (Å²) < 4.78 is 4.54. The Labute approximate surface area is 78.3 Å². The molecule has 0 aliphatic heterocycles. The van der Waals surface area contributed by atoms with Crippen LogP contribution in [0.15, 0.2) is 23.8 Å². The molecule has 2 N–H and O–H groups in total. The first-order valence-electron chi connectivity index (χ1n) is 4.43. The summed E-state index contributed by atoms with van der Waals surface area (Å²) in [5.41, 5.74) is 6.74. The number of carbonyl (C=O) groups is 1. The zero-order valence-electron chi connectivity index (χ0n) is 7.82. The summed E-state index contributed by atoms with van der Waals surface area (Å²) in [7, 11) is 1.35. The molecular weight excluding hydrogens is 166 g/mol. The average molecular weight is 181 g/mol. The van der Waals surface area contributed by atoms with E-state index in [-0.39, 0.29) is 5.97 Å². The number of nitrogens with two attached hydrogens (primary N) is 1. The molecular formula is C10H15NO2. The third-order valence-corrected chi connectivity index (χ3v) is 2.03. The van der Waals surface area contributed by atoms with Crippen molar-refractivity contribution in [3.05, 3.63) is 23.8 Å². The summed E-state index contributed by atoms with van der Waals surface area (Å²) in [4.78, 5) is 11.0. The summed E-state index contributed by atoms with van der Waals surface area (Å²) in [6, 6.07) is -0.529. The van der Waals surface area contributed by atoms with Crippen LogP contribution < -0.4 is 5.73 Å². The lowest BCUT2D eigenvalue weighted by Crippen LogP contribution is -2.31. The van der Waals surface area contributed by atoms with E-state index >= 15 is 0 Å². The van der Waals surface area contributed by atoms with E-state index in [1.807, 2.05) is 6.08 Å². The van der Waals surface area contributed by atoms with Crippen LogP contribution in [0.25, 0.3) is 0 Å². The SMILES string of the molecule is COC(=O)[C@@H](N)CC1=CCCC=C1. The van der Waals surface area contributed by atoms with Crippen molar-refractivity contribution in [3.8, 4) is 0 Å². The van der Waals surface area contributed by atoms with Crippen molar-refractivity contribution >= 4 is 5.97 Å². The van der Waals surface area contributed by atoms with E-state index in [2.05, 4.69) is 16.9 Å². The maximum atomic E-state index is 11.0. The first-order chi connectivity index (χ1) is 6.24. The van der Waals surface area contributed by atoms with Crippen LogP contribution in [0, 0.1) is 0 Å². The van der Waals surface area contributed by atoms with Gasteiger partial charge in [-0.05, 0) is 19.3 Å². The van der Waals surface area contributed by atoms with Crippen molar-refractivity contribution in [2.75, 3.05) is 7.11 Å². The van der Waals surface area contributed by atoms with E-state index in [1.165, 1.54) is 7.11 Å². The minimum absolute atomic E-state index is 0.347. The molecule has 0 radical (unpaired) electrons. The highest BCUT2D eigenvalue weighted by atomic mass is 16.5. The van der Waals surface area contributed by atoms with Crippen molar-refractivity contribution in [2.24, 2.45) is 5.73 Å². The topological polar surface area (TPSA) is 52.3 Å². The molecule has 72 valence electrons. The van der Waals surface area contributed by atoms with Crippen LogP contribution in [0.3, 0.4) is 0 Å². The van der Waals surface area contributed by atoms with Crippen LogP contribution in [-0.4, -0.2) is 19.1 Å². The molecule has 1 aliphatic rings. The molecule has 1 atom stereocenters. The Kier molecular flexibility index (Phi) is 3.71. The first kappa shape index (κ1) is 9.99. The van der Waals surface area contributed by atoms with Crippen molar-refractivity contribution in [2.45, 2.75) is 25.3 Å². The van der Waals surface area contributed by atoms with Crippen LogP contribution in [0.2, 0.25) is 0 Å². The van der Waals surface area contributed by atoms with Crippen LogP contribution >= 0.6 is 0 Å². The molecule has 0 amide bonds. The predicted octanol–water partition coefficient (Wildman–Crippen LogP) is 1.15. The predicted molar refractivity (Wildman–Crippen MR) is 51.1 cm³/mol. The molecule has 0 aromatic heterocycles. The van der Waals surface area contributed by atoms with Gasteiger partial charge in [-0.2, -0.15) is 0 Å². The third kappa shape index (κ3) is 3.03. The highest BCUT2D eigenvalue weighted by Crippen LogP contribution is 2.14. The fourth-order valence-corrected chi connectivity index (χ4v) is 1.31. The van der Waals surface area contributed by atoms with Crippen molar-refractivity contribution < 1.29 is 9.53 Å². The molecule has 0 aromatic rings. The summed E-state index contributed by atoms with van der Waals surface area (Å²) in [6.45, 7) is 0. The molecule has 0 fully saturated rings. The molecule has 0 heterocycles. The lowest BCUT2D eigenvalue weighted by atomic mass is 10.0. The normalized spacial score (nSPS) is 17.8. The molecule has 0 aromatic carbocycles. The van der Waals surface area contributed by atoms with Crippen LogP contribution in [0.5, 0.6) is 0 Å². The van der Waals surface area contributed by atoms with E-state index in [1.54, 1.807) is 0 Å². The van der Waals surface area contributed by atoms with Gasteiger partial charge in [0.25, 0.3) is 0 Å². The average Bonchev–Trinajstić information content (AvgIpc) is 2.18. The van der Waals surface area contributed by atoms with Gasteiger partial charge in [-0.15, -0.1) is 0 Å². The molecule has 1 rings (SSSR count). The van der Waals surface area contributed by atoms with Gasteiger partial charge in [0, 0.05) is 0 Å². The van der Waals surface area contributed by atoms with Crippen molar-refractivity contribution in [1.29, 1.82) is 0 Å². The van der Waals surface area contributed by atoms with E-state index < -0.39 is 6.04 Å². The Bertz CT molecular complexity index is 243. The Morgan fingerprint density at radius 2 is 2.46 bits per heavy atom. The Hall–Kier alpha value is -1.09. The van der Waals surface area contributed by atoms with Crippen LogP contribution in [0.1, 0.15) is 19.3 Å². The number of carbonyl (C=O) groups excluding carboxylic acids is 1. The van der Waals surface area contributed by atoms with Gasteiger partial charge in [0.1, 0.15) is 6.04 Å². The van der Waals surface area contributed by atoms with Crippen molar-refractivity contribution in [3.63, 3.8) is 0 Å². The van der Waals surface area contributed by atoms with E-state index in [0.29, 0.717) is 6.42 Å². The molecule has 0 saturated heterocycles. The van der Waals surface area contributed by atoms with Gasteiger partial charge < -0.3 is 10.5 Å². The lowest BCUT2D eigenvalue weighted by Gasteiger charge is -2.11. The summed E-state index contributed by atoms with van der Waals surface area (Å²) in [5, 5.41) is 0. The smallest absolute Gasteiger partial charge is 0.322 e. The molecule has 0 bridgehead atoms. The Morgan fingerprint density at radius 1 is 1.69 bits per heavy atom. The minimum atomic E-state index is -0.529. The first-order valence-corrected chi connectivity index (χ1v) is 4.43. The van der Waals surface area contributed by atoms with E-state index in [4.69, 9.17) is 5.73 Å². The maximum absolute atomic E-state index is 11.0. The largest absolute Gasteiger partial charge is 0.468 e. The summed E-state index contributed by atoms with van der Waals surface area (Å²) in [6.07, 6.45) is 8.92. The number of ether oxygens (including phenoxy) is 1. The van der Waals surface area contributed by atoms with E-state index in [0.717, 1.165) is 18.4 Å². The summed E-state index contributed by atoms with van der Waals surface area (Å²) >= 11 is 0. The fourth-order valence-electron chi connectivity index (χ4n) is 1.31. The standard InChI is InChI=1S/C10H15NO2/c1-13-10(12)9(11)7-8-5-3-2-4-6-8/h3,5-6,9H,2,4,7,11H2,1H3/t9-/m0/s1. The monoisotopic (exact) mass is 181 g/mol. The number of hydrogen-bond acceptors (Lipinski definition) is 3. The van der Waals surface area contributed by atoms with Gasteiger partial charge in [0.2, 0.25) is 0 Å². The molecule has 3 nitrogen and oxygen atoms in total. The number of allylic oxidation sites excluding steroid dienone is 3. The molecule has 13 heavy (non-hydrogen) atoms. The zero-order chi connectivity index (χ0) is 9.68. The second-order valence-corrected chi connectivity index (χ2v) is 3.09. The fraction of sp³-hybridized carbons (Fsp3) is 0.500. The van der Waals surface area contributed by atoms with Gasteiger partial charge in [-0.3, -0.25) is 4.79 Å². The van der Waals surface area contributed by atoms with Gasteiger partial charge in [0.05, 0.1) is 7.11 Å². The number of esters is 1. The maximum Gasteiger partial charge on any atom is 0.322 e. The second-order valence-electron chi connectivity index (χ2n) is 3.09. The Balaban J connectivity index is 2.43. The summed E-state index contributed by atoms with van der Waals surface area (Å²) in [5.74, 6) is -0.347. The van der Waals surface area contributed by atoms with Gasteiger partial charge in [-0.1, -0.05) is 23.8 Å². The van der Waals surface area contributed by atoms with Gasteiger partial charge in [-0.25, -0.2) is 0 Å². The third-order valence-electron chi connectivity index (χ3n) is 2.03. The Morgan fingerprint density at radius 3 is 3.00 bits per heavy atom. The van der Waals surface area contributed by atoms with Crippen LogP contribution in [-0.2, 0) is 9.53 Å². The number of methoxy groups -OCH3 is 1. The molecule has 1 aliphatic carbocycles. The van der Waals surface area contributed by atoms with Crippen molar-refractivity contribution in [1.82, 2.24) is 0 Å². The molecule has 3 heteroatoms. The highest BCUT2D eigenvalue weighted by Gasteiger charge is 2.14. The van der Waals surface area contributed by atoms with Gasteiger partial charge >= 0.3 is 5.97 Å². The number of rotatable bonds is 3. The lowest BCUT2D eigenvalue weighted by molar-refractivity contribution is -0.142. The second kappa shape index (κ2) is 4.82. The molecule has 0 unspecified atom stereocenters. The molecule has 0 saturated carbocycles.